The molecule has 5 rings (SSSR count). The molecule has 168 valence electrons. The molecular weight excluding hydrogens is 460 g/mol. The van der Waals surface area contributed by atoms with E-state index >= 15 is 0 Å². The first kappa shape index (κ1) is 21.6. The van der Waals surface area contributed by atoms with Crippen molar-refractivity contribution < 1.29 is 4.79 Å². The van der Waals surface area contributed by atoms with Gasteiger partial charge in [-0.05, 0) is 42.7 Å². The highest BCUT2D eigenvalue weighted by Crippen LogP contribution is 2.35. The molecule has 0 spiro atoms. The highest BCUT2D eigenvalue weighted by Gasteiger charge is 2.26. The summed E-state index contributed by atoms with van der Waals surface area (Å²) in [6.07, 6.45) is 1.68. The monoisotopic (exact) mass is 480 g/mol. The summed E-state index contributed by atoms with van der Waals surface area (Å²) in [4.78, 5) is 37.6. The number of hydrogen-bond donors (Lipinski definition) is 3. The number of carbonyl (C=O) groups excluding carboxylic acids is 1. The van der Waals surface area contributed by atoms with Gasteiger partial charge in [0.25, 0.3) is 11.1 Å². The Hall–Kier alpha value is -3.23. The molecule has 0 unspecified atom stereocenters. The summed E-state index contributed by atoms with van der Waals surface area (Å²) in [5.74, 6) is 0.918. The molecule has 7 nitrogen and oxygen atoms in total. The van der Waals surface area contributed by atoms with Gasteiger partial charge in [0, 0.05) is 34.3 Å². The minimum absolute atomic E-state index is 0.106. The van der Waals surface area contributed by atoms with Crippen LogP contribution >= 0.6 is 23.4 Å². The summed E-state index contributed by atoms with van der Waals surface area (Å²) in [5, 5.41) is 9.36. The van der Waals surface area contributed by atoms with Crippen LogP contribution in [0.2, 0.25) is 5.02 Å². The van der Waals surface area contributed by atoms with Crippen LogP contribution in [0, 0.1) is 0 Å². The molecule has 0 saturated carbocycles. The Labute approximate surface area is 198 Å². The molecule has 0 aliphatic carbocycles. The lowest BCUT2D eigenvalue weighted by atomic mass is 10.1. The van der Waals surface area contributed by atoms with Crippen molar-refractivity contribution in [2.75, 3.05) is 11.1 Å². The molecule has 1 amide bonds. The molecule has 2 aromatic heterocycles. The van der Waals surface area contributed by atoms with Gasteiger partial charge >= 0.3 is 0 Å². The molecule has 1 aliphatic rings. The van der Waals surface area contributed by atoms with Crippen molar-refractivity contribution in [3.8, 4) is 11.3 Å². The summed E-state index contributed by atoms with van der Waals surface area (Å²) >= 11 is 7.43. The van der Waals surface area contributed by atoms with E-state index in [0.29, 0.717) is 33.0 Å². The van der Waals surface area contributed by atoms with E-state index in [1.54, 1.807) is 0 Å². The molecule has 3 N–H and O–H groups in total. The largest absolute Gasteiger partial charge is 0.343 e. The molecule has 0 saturated heterocycles. The molecule has 2 aromatic carbocycles. The lowest BCUT2D eigenvalue weighted by Crippen LogP contribution is -2.18. The van der Waals surface area contributed by atoms with Gasteiger partial charge in [0.15, 0.2) is 0 Å². The van der Waals surface area contributed by atoms with E-state index in [0.717, 1.165) is 41.9 Å². The maximum absolute atomic E-state index is 12.6. The van der Waals surface area contributed by atoms with Crippen LogP contribution in [0.25, 0.3) is 22.0 Å². The predicted molar refractivity (Wildman–Crippen MR) is 133 cm³/mol. The van der Waals surface area contributed by atoms with Gasteiger partial charge in [0.2, 0.25) is 5.91 Å². The molecule has 3 heterocycles. The number of amides is 1. The fraction of sp³-hybridized carbons (Fsp3) is 0.208. The number of rotatable bonds is 6. The third kappa shape index (κ3) is 4.24. The Morgan fingerprint density at radius 2 is 1.82 bits per heavy atom. The van der Waals surface area contributed by atoms with Gasteiger partial charge in [-0.3, -0.25) is 24.6 Å². The molecule has 0 atom stereocenters. The number of aromatic nitrogens is 3. The van der Waals surface area contributed by atoms with Crippen molar-refractivity contribution in [2.24, 2.45) is 0 Å². The Morgan fingerprint density at radius 3 is 2.61 bits per heavy atom. The SMILES string of the molecule is O=C(CSCc1ccc(Cl)cc1)Nc1cccc(-c2c3c(=O)[nH][nH]c(=O)c3c3n2CCC3)c1. The van der Waals surface area contributed by atoms with E-state index < -0.39 is 0 Å². The maximum atomic E-state index is 12.6. The summed E-state index contributed by atoms with van der Waals surface area (Å²) in [6.45, 7) is 0.746. The second kappa shape index (κ2) is 8.96. The number of nitrogens with one attached hydrogen (secondary N) is 3. The summed E-state index contributed by atoms with van der Waals surface area (Å²) in [6, 6.07) is 15.0. The van der Waals surface area contributed by atoms with Crippen molar-refractivity contribution in [1.29, 1.82) is 0 Å². The smallest absolute Gasteiger partial charge is 0.272 e. The van der Waals surface area contributed by atoms with Gasteiger partial charge in [-0.25, -0.2) is 0 Å². The number of aromatic amines is 2. The van der Waals surface area contributed by atoms with Gasteiger partial charge in [-0.2, -0.15) is 0 Å². The number of H-pyrrole nitrogens is 2. The number of aryl methyl sites for hydroxylation is 1. The van der Waals surface area contributed by atoms with Crippen LogP contribution in [-0.4, -0.2) is 26.4 Å². The van der Waals surface area contributed by atoms with Crippen LogP contribution in [0.1, 0.15) is 17.7 Å². The zero-order valence-electron chi connectivity index (χ0n) is 17.6. The maximum Gasteiger partial charge on any atom is 0.272 e. The van der Waals surface area contributed by atoms with Crippen LogP contribution in [-0.2, 0) is 23.5 Å². The number of carbonyl (C=O) groups is 1. The zero-order valence-corrected chi connectivity index (χ0v) is 19.2. The van der Waals surface area contributed by atoms with Gasteiger partial charge < -0.3 is 9.88 Å². The van der Waals surface area contributed by atoms with Gasteiger partial charge in [-0.1, -0.05) is 35.9 Å². The van der Waals surface area contributed by atoms with Crippen molar-refractivity contribution in [3.63, 3.8) is 0 Å². The molecular formula is C24H21ClN4O3S. The number of hydrogen-bond acceptors (Lipinski definition) is 4. The molecule has 0 fully saturated rings. The van der Waals surface area contributed by atoms with Crippen LogP contribution in [0.4, 0.5) is 5.69 Å². The quantitative estimate of drug-likeness (QED) is 0.386. The average molecular weight is 481 g/mol. The number of anilines is 1. The molecule has 9 heteroatoms. The Balaban J connectivity index is 1.37. The minimum atomic E-state index is -0.325. The molecule has 0 radical (unpaired) electrons. The van der Waals surface area contributed by atoms with E-state index in [2.05, 4.69) is 20.1 Å². The molecule has 1 aliphatic heterocycles. The Morgan fingerprint density at radius 1 is 1.06 bits per heavy atom. The third-order valence-corrected chi connectivity index (χ3v) is 7.00. The number of halogens is 1. The van der Waals surface area contributed by atoms with E-state index in [9.17, 15) is 14.4 Å². The predicted octanol–water partition coefficient (Wildman–Crippen LogP) is 4.16. The first-order chi connectivity index (χ1) is 16.0. The summed E-state index contributed by atoms with van der Waals surface area (Å²) < 4.78 is 2.05. The highest BCUT2D eigenvalue weighted by molar-refractivity contribution is 7.99. The number of nitrogens with zero attached hydrogens (tertiary/aromatic N) is 1. The minimum Gasteiger partial charge on any atom is -0.343 e. The Bertz CT molecular complexity index is 1470. The third-order valence-electron chi connectivity index (χ3n) is 5.75. The van der Waals surface area contributed by atoms with Crippen LogP contribution in [0.5, 0.6) is 0 Å². The molecule has 0 bridgehead atoms. The standard InChI is InChI=1S/C24H21ClN4O3S/c25-16-8-6-14(7-9-16)12-33-13-19(30)26-17-4-1-3-15(11-17)22-21-20(18-5-2-10-29(18)22)23(31)27-28-24(21)32/h1,3-4,6-9,11H,2,5,10,12-13H2,(H,26,30)(H,27,31)(H,28,32). The summed E-state index contributed by atoms with van der Waals surface area (Å²) in [7, 11) is 0. The normalized spacial score (nSPS) is 12.8. The fourth-order valence-electron chi connectivity index (χ4n) is 4.37. The van der Waals surface area contributed by atoms with E-state index in [-0.39, 0.29) is 17.0 Å². The van der Waals surface area contributed by atoms with Gasteiger partial charge in [0.1, 0.15) is 0 Å². The van der Waals surface area contributed by atoms with Gasteiger partial charge in [-0.15, -0.1) is 11.8 Å². The van der Waals surface area contributed by atoms with Crippen molar-refractivity contribution >= 4 is 45.7 Å². The number of fused-ring (bicyclic) bond motifs is 3. The van der Waals surface area contributed by atoms with E-state index in [1.165, 1.54) is 11.8 Å². The topological polar surface area (TPSA) is 99.8 Å². The lowest BCUT2D eigenvalue weighted by molar-refractivity contribution is -0.113. The van der Waals surface area contributed by atoms with Crippen molar-refractivity contribution in [1.82, 2.24) is 14.8 Å². The molecule has 4 aromatic rings. The van der Waals surface area contributed by atoms with Crippen LogP contribution in [0.3, 0.4) is 0 Å². The second-order valence-corrected chi connectivity index (χ2v) is 9.38. The van der Waals surface area contributed by atoms with Crippen molar-refractivity contribution in [2.45, 2.75) is 25.1 Å². The number of thioether (sulfide) groups is 1. The lowest BCUT2D eigenvalue weighted by Gasteiger charge is -2.10. The fourth-order valence-corrected chi connectivity index (χ4v) is 5.28. The number of benzene rings is 2. The zero-order chi connectivity index (χ0) is 22.9. The highest BCUT2D eigenvalue weighted by atomic mass is 35.5. The Kier molecular flexibility index (Phi) is 5.86. The summed E-state index contributed by atoms with van der Waals surface area (Å²) in [5.41, 5.74) is 3.54. The van der Waals surface area contributed by atoms with Crippen molar-refractivity contribution in [3.05, 3.63) is 85.5 Å². The van der Waals surface area contributed by atoms with E-state index in [1.807, 2.05) is 48.5 Å². The molecule has 33 heavy (non-hydrogen) atoms. The van der Waals surface area contributed by atoms with Crippen LogP contribution in [0.15, 0.2) is 58.1 Å². The van der Waals surface area contributed by atoms with Gasteiger partial charge in [0.05, 0.1) is 22.2 Å². The van der Waals surface area contributed by atoms with Crippen LogP contribution < -0.4 is 16.4 Å². The second-order valence-electron chi connectivity index (χ2n) is 7.96. The first-order valence-electron chi connectivity index (χ1n) is 10.6. The first-order valence-corrected chi connectivity index (χ1v) is 12.1. The average Bonchev–Trinajstić information content (AvgIpc) is 3.39. The van der Waals surface area contributed by atoms with E-state index in [4.69, 9.17) is 11.6 Å².